The highest BCUT2D eigenvalue weighted by Crippen LogP contribution is 2.09. The van der Waals surface area contributed by atoms with Crippen LogP contribution in [0.4, 0.5) is 4.79 Å². The highest BCUT2D eigenvalue weighted by atomic mass is 16.6. The number of nitrogens with one attached hydrogen (secondary N) is 1. The first-order chi connectivity index (χ1) is 6.76. The predicted octanol–water partition coefficient (Wildman–Crippen LogP) is 2.55. The average Bonchev–Trinajstić information content (AvgIpc) is 1.99. The topological polar surface area (TPSA) is 41.6 Å². The first-order valence-electron chi connectivity index (χ1n) is 5.53. The minimum Gasteiger partial charge on any atom is -0.443 e. The fourth-order valence-corrected chi connectivity index (χ4v) is 1.06. The number of carbonyl (C=O) groups is 1. The predicted molar refractivity (Wildman–Crippen MR) is 61.5 cm³/mol. The first-order valence-corrected chi connectivity index (χ1v) is 5.53. The molecule has 0 aromatic heterocycles. The van der Waals surface area contributed by atoms with Crippen molar-refractivity contribution < 1.29 is 9.53 Å². The molecule has 0 unspecified atom stereocenters. The molecule has 4 heteroatoms. The monoisotopic (exact) mass is 216 g/mol. The number of amides is 1. The second-order valence-corrected chi connectivity index (χ2v) is 4.92. The van der Waals surface area contributed by atoms with E-state index in [1.54, 1.807) is 0 Å². The average molecular weight is 216 g/mol. The van der Waals surface area contributed by atoms with Crippen LogP contribution < -0.4 is 5.43 Å². The van der Waals surface area contributed by atoms with Gasteiger partial charge in [-0.3, -0.25) is 0 Å². The van der Waals surface area contributed by atoms with Crippen LogP contribution in [0, 0.1) is 0 Å². The zero-order chi connectivity index (χ0) is 12.1. The van der Waals surface area contributed by atoms with Gasteiger partial charge >= 0.3 is 6.09 Å². The summed E-state index contributed by atoms with van der Waals surface area (Å²) in [5, 5.41) is 1.54. The molecule has 15 heavy (non-hydrogen) atoms. The second kappa shape index (κ2) is 5.95. The quantitative estimate of drug-likeness (QED) is 0.734. The van der Waals surface area contributed by atoms with Crippen molar-refractivity contribution in [2.45, 2.75) is 59.6 Å². The Balaban J connectivity index is 4.28. The fourth-order valence-electron chi connectivity index (χ4n) is 1.06. The highest BCUT2D eigenvalue weighted by molar-refractivity contribution is 5.67. The molecule has 0 rings (SSSR count). The van der Waals surface area contributed by atoms with Crippen molar-refractivity contribution in [2.24, 2.45) is 0 Å². The van der Waals surface area contributed by atoms with Crippen molar-refractivity contribution in [2.75, 3.05) is 6.54 Å². The molecule has 0 fully saturated rings. The standard InChI is InChI=1S/C11H24N2O2/c1-7-8-13(12-9(2)3)10(14)15-11(4,5)6/h9,12H,7-8H2,1-6H3. The van der Waals surface area contributed by atoms with Crippen molar-refractivity contribution in [3.63, 3.8) is 0 Å². The molecule has 0 aliphatic rings. The van der Waals surface area contributed by atoms with E-state index >= 15 is 0 Å². The van der Waals surface area contributed by atoms with Crippen molar-refractivity contribution in [1.82, 2.24) is 10.4 Å². The van der Waals surface area contributed by atoms with E-state index < -0.39 is 5.60 Å². The van der Waals surface area contributed by atoms with Crippen molar-refractivity contribution >= 4 is 6.09 Å². The molecule has 1 amide bonds. The molecule has 0 aliphatic heterocycles. The van der Waals surface area contributed by atoms with Gasteiger partial charge in [0.2, 0.25) is 0 Å². The molecule has 0 heterocycles. The molecule has 0 saturated heterocycles. The molecule has 0 aromatic rings. The number of ether oxygens (including phenoxy) is 1. The van der Waals surface area contributed by atoms with Gasteiger partial charge < -0.3 is 4.74 Å². The maximum atomic E-state index is 11.7. The van der Waals surface area contributed by atoms with Crippen LogP contribution in [0.5, 0.6) is 0 Å². The number of carbonyl (C=O) groups excluding carboxylic acids is 1. The van der Waals surface area contributed by atoms with Gasteiger partial charge in [-0.05, 0) is 41.0 Å². The lowest BCUT2D eigenvalue weighted by atomic mass is 10.2. The maximum Gasteiger partial charge on any atom is 0.424 e. The van der Waals surface area contributed by atoms with E-state index in [0.29, 0.717) is 6.54 Å². The van der Waals surface area contributed by atoms with Gasteiger partial charge in [0.15, 0.2) is 0 Å². The van der Waals surface area contributed by atoms with Gasteiger partial charge in [-0.25, -0.2) is 15.2 Å². The van der Waals surface area contributed by atoms with Gasteiger partial charge in [0.05, 0.1) is 0 Å². The Morgan fingerprint density at radius 1 is 1.40 bits per heavy atom. The van der Waals surface area contributed by atoms with Gasteiger partial charge in [-0.1, -0.05) is 6.92 Å². The fraction of sp³-hybridized carbons (Fsp3) is 0.909. The van der Waals surface area contributed by atoms with Gasteiger partial charge in [0, 0.05) is 12.6 Å². The summed E-state index contributed by atoms with van der Waals surface area (Å²) in [5.41, 5.74) is 2.62. The Bertz CT molecular complexity index is 197. The Hall–Kier alpha value is -0.770. The third-order valence-electron chi connectivity index (χ3n) is 1.48. The Morgan fingerprint density at radius 2 is 1.93 bits per heavy atom. The Kier molecular flexibility index (Phi) is 5.65. The molecule has 0 aromatic carbocycles. The van der Waals surface area contributed by atoms with E-state index in [0.717, 1.165) is 6.42 Å². The summed E-state index contributed by atoms with van der Waals surface area (Å²) in [7, 11) is 0. The number of hydrazine groups is 1. The largest absolute Gasteiger partial charge is 0.443 e. The van der Waals surface area contributed by atoms with E-state index in [1.807, 2.05) is 41.5 Å². The lowest BCUT2D eigenvalue weighted by Crippen LogP contribution is -2.48. The molecule has 0 saturated carbocycles. The molecular weight excluding hydrogens is 192 g/mol. The molecule has 0 aliphatic carbocycles. The van der Waals surface area contributed by atoms with Crippen LogP contribution >= 0.6 is 0 Å². The number of hydrogen-bond donors (Lipinski definition) is 1. The summed E-state index contributed by atoms with van der Waals surface area (Å²) >= 11 is 0. The summed E-state index contributed by atoms with van der Waals surface area (Å²) < 4.78 is 5.28. The van der Waals surface area contributed by atoms with Gasteiger partial charge in [0.25, 0.3) is 0 Å². The second-order valence-electron chi connectivity index (χ2n) is 4.92. The lowest BCUT2D eigenvalue weighted by Gasteiger charge is -2.28. The van der Waals surface area contributed by atoms with E-state index in [-0.39, 0.29) is 12.1 Å². The molecule has 90 valence electrons. The van der Waals surface area contributed by atoms with Crippen LogP contribution in [0.15, 0.2) is 0 Å². The van der Waals surface area contributed by atoms with E-state index in [1.165, 1.54) is 5.01 Å². The maximum absolute atomic E-state index is 11.7. The lowest BCUT2D eigenvalue weighted by molar-refractivity contribution is 0.0110. The minimum atomic E-state index is -0.443. The number of hydrogen-bond acceptors (Lipinski definition) is 3. The first kappa shape index (κ1) is 14.2. The Labute approximate surface area is 92.9 Å². The number of nitrogens with zero attached hydrogens (tertiary/aromatic N) is 1. The van der Waals surface area contributed by atoms with Crippen molar-refractivity contribution in [3.8, 4) is 0 Å². The zero-order valence-electron chi connectivity index (χ0n) is 10.8. The van der Waals surface area contributed by atoms with Crippen molar-refractivity contribution in [3.05, 3.63) is 0 Å². The molecule has 0 radical (unpaired) electrons. The SMILES string of the molecule is CCCN(NC(C)C)C(=O)OC(C)(C)C. The van der Waals surface area contributed by atoms with Crippen LogP contribution in [-0.2, 0) is 4.74 Å². The molecule has 0 bridgehead atoms. The molecule has 1 N–H and O–H groups in total. The smallest absolute Gasteiger partial charge is 0.424 e. The molecule has 0 spiro atoms. The van der Waals surface area contributed by atoms with Gasteiger partial charge in [-0.2, -0.15) is 0 Å². The number of rotatable bonds is 4. The zero-order valence-corrected chi connectivity index (χ0v) is 10.8. The molecule has 4 nitrogen and oxygen atoms in total. The Morgan fingerprint density at radius 3 is 2.27 bits per heavy atom. The summed E-state index contributed by atoms with van der Waals surface area (Å²) in [6, 6.07) is 0.226. The summed E-state index contributed by atoms with van der Waals surface area (Å²) in [6.07, 6.45) is 0.594. The highest BCUT2D eigenvalue weighted by Gasteiger charge is 2.21. The summed E-state index contributed by atoms with van der Waals surface area (Å²) in [4.78, 5) is 11.7. The third-order valence-corrected chi connectivity index (χ3v) is 1.48. The van der Waals surface area contributed by atoms with E-state index in [4.69, 9.17) is 4.74 Å². The van der Waals surface area contributed by atoms with Crippen LogP contribution in [0.1, 0.15) is 48.0 Å². The van der Waals surface area contributed by atoms with E-state index in [2.05, 4.69) is 5.43 Å². The van der Waals surface area contributed by atoms with Crippen LogP contribution in [0.3, 0.4) is 0 Å². The van der Waals surface area contributed by atoms with Gasteiger partial charge in [-0.15, -0.1) is 0 Å². The summed E-state index contributed by atoms with van der Waals surface area (Å²) in [6.45, 7) is 12.3. The normalized spacial score (nSPS) is 11.7. The minimum absolute atomic E-state index is 0.226. The van der Waals surface area contributed by atoms with Crippen molar-refractivity contribution in [1.29, 1.82) is 0 Å². The van der Waals surface area contributed by atoms with Crippen LogP contribution in [-0.4, -0.2) is 29.3 Å². The van der Waals surface area contributed by atoms with Crippen LogP contribution in [0.25, 0.3) is 0 Å². The summed E-state index contributed by atoms with van der Waals surface area (Å²) in [5.74, 6) is 0. The molecular formula is C11H24N2O2. The van der Waals surface area contributed by atoms with Gasteiger partial charge in [0.1, 0.15) is 5.60 Å². The van der Waals surface area contributed by atoms with Crippen LogP contribution in [0.2, 0.25) is 0 Å². The third kappa shape index (κ3) is 7.19. The molecule has 0 atom stereocenters. The van der Waals surface area contributed by atoms with E-state index in [9.17, 15) is 4.79 Å².